The Bertz CT molecular complexity index is 1300. The van der Waals surface area contributed by atoms with Crippen LogP contribution in [0.1, 0.15) is 27.2 Å². The van der Waals surface area contributed by atoms with Crippen LogP contribution in [-0.2, 0) is 29.2 Å². The Hall–Kier alpha value is -2.75. The summed E-state index contributed by atoms with van der Waals surface area (Å²) in [5, 5.41) is 14.8. The van der Waals surface area contributed by atoms with Gasteiger partial charge in [0.1, 0.15) is 17.1 Å². The lowest BCUT2D eigenvalue weighted by atomic mass is 10.0. The lowest BCUT2D eigenvalue weighted by molar-refractivity contribution is 0.0694. The first kappa shape index (κ1) is 21.0. The maximum Gasteiger partial charge on any atom is 0.341 e. The van der Waals surface area contributed by atoms with E-state index in [-0.39, 0.29) is 28.1 Å². The molecule has 3 aromatic rings. The van der Waals surface area contributed by atoms with Crippen LogP contribution in [0.25, 0.3) is 10.9 Å². The zero-order valence-electron chi connectivity index (χ0n) is 15.1. The maximum atomic E-state index is 14.1. The molecule has 0 aliphatic heterocycles. The quantitative estimate of drug-likeness (QED) is 0.633. The molecule has 0 amide bonds. The van der Waals surface area contributed by atoms with Gasteiger partial charge in [-0.05, 0) is 29.8 Å². The fourth-order valence-electron chi connectivity index (χ4n) is 3.23. The molecule has 0 saturated heterocycles. The fourth-order valence-corrected chi connectivity index (χ4v) is 4.18. The molecule has 10 heteroatoms. The van der Waals surface area contributed by atoms with E-state index in [0.717, 1.165) is 0 Å². The number of hydrogen-bond acceptors (Lipinski definition) is 4. The average Bonchev–Trinajstić information content (AvgIpc) is 2.61. The van der Waals surface area contributed by atoms with E-state index in [2.05, 4.69) is 0 Å². The van der Waals surface area contributed by atoms with Crippen LogP contribution in [0.5, 0.6) is 0 Å². The van der Waals surface area contributed by atoms with Gasteiger partial charge in [0.25, 0.3) is 0 Å². The summed E-state index contributed by atoms with van der Waals surface area (Å²) in [5.74, 6) is -2.86. The second-order valence-electron chi connectivity index (χ2n) is 6.55. The molecular weight excluding hydrogens is 423 g/mol. The molecule has 0 atom stereocenters. The van der Waals surface area contributed by atoms with Gasteiger partial charge in [-0.25, -0.2) is 22.7 Å². The predicted molar refractivity (Wildman–Crippen MR) is 107 cm³/mol. The van der Waals surface area contributed by atoms with Crippen molar-refractivity contribution in [2.75, 3.05) is 0 Å². The van der Waals surface area contributed by atoms with Crippen LogP contribution in [0.4, 0.5) is 4.39 Å². The van der Waals surface area contributed by atoms with E-state index in [9.17, 15) is 27.5 Å². The van der Waals surface area contributed by atoms with E-state index in [0.29, 0.717) is 11.1 Å². The topological polar surface area (TPSA) is 119 Å². The number of carboxylic acids is 1. The van der Waals surface area contributed by atoms with Crippen molar-refractivity contribution >= 4 is 38.5 Å². The van der Waals surface area contributed by atoms with Crippen LogP contribution in [0, 0.1) is 5.82 Å². The van der Waals surface area contributed by atoms with Crippen molar-refractivity contribution in [2.24, 2.45) is 12.2 Å². The molecule has 7 nitrogen and oxygen atoms in total. The van der Waals surface area contributed by atoms with Crippen LogP contribution >= 0.6 is 11.6 Å². The Kier molecular flexibility index (Phi) is 5.48. The highest BCUT2D eigenvalue weighted by Crippen LogP contribution is 2.24. The van der Waals surface area contributed by atoms with Gasteiger partial charge in [-0.3, -0.25) is 4.79 Å². The number of aryl methyl sites for hydroxylation is 1. The highest BCUT2D eigenvalue weighted by Gasteiger charge is 2.24. The number of halogens is 2. The average molecular weight is 439 g/mol. The standard InChI is InChI=1S/C19H16ClFN2O5S/c1-23-15-6-5-10(7-11-13(20)3-2-4-14(11)21)8-12(15)18(24)17(19(25)26)16(23)9-29(22,27)28/h2-6,8H,7,9H2,1H3,(H,25,26)(H2,22,27,28). The minimum atomic E-state index is -4.08. The minimum Gasteiger partial charge on any atom is -0.477 e. The molecule has 1 aromatic heterocycles. The lowest BCUT2D eigenvalue weighted by Crippen LogP contribution is -2.27. The Morgan fingerprint density at radius 1 is 1.28 bits per heavy atom. The predicted octanol–water partition coefficient (Wildman–Crippen LogP) is 2.41. The summed E-state index contributed by atoms with van der Waals surface area (Å²) in [6.07, 6.45) is 0.0892. The van der Waals surface area contributed by atoms with Crippen molar-refractivity contribution in [2.45, 2.75) is 12.2 Å². The molecular formula is C19H16ClFN2O5S. The third-order valence-corrected chi connectivity index (χ3v) is 5.61. The summed E-state index contributed by atoms with van der Waals surface area (Å²) in [6.45, 7) is 0. The van der Waals surface area contributed by atoms with Gasteiger partial charge in [-0.15, -0.1) is 0 Å². The van der Waals surface area contributed by atoms with Gasteiger partial charge in [0.15, 0.2) is 0 Å². The van der Waals surface area contributed by atoms with Gasteiger partial charge >= 0.3 is 5.97 Å². The number of hydrogen-bond donors (Lipinski definition) is 2. The van der Waals surface area contributed by atoms with Crippen LogP contribution < -0.4 is 10.6 Å². The molecule has 0 aliphatic rings. The number of primary sulfonamides is 1. The van der Waals surface area contributed by atoms with Gasteiger partial charge in [0.05, 0.1) is 11.2 Å². The van der Waals surface area contributed by atoms with Crippen molar-refractivity contribution < 1.29 is 22.7 Å². The molecule has 0 fully saturated rings. The Balaban J connectivity index is 2.24. The molecule has 29 heavy (non-hydrogen) atoms. The number of benzene rings is 2. The molecule has 0 saturated carbocycles. The summed E-state index contributed by atoms with van der Waals surface area (Å²) in [5.41, 5.74) is -0.628. The van der Waals surface area contributed by atoms with E-state index in [1.807, 2.05) is 0 Å². The first-order valence-corrected chi connectivity index (χ1v) is 10.4. The number of carboxylic acid groups (broad SMARTS) is 1. The Morgan fingerprint density at radius 2 is 1.97 bits per heavy atom. The first-order valence-electron chi connectivity index (χ1n) is 8.30. The van der Waals surface area contributed by atoms with Crippen molar-refractivity contribution in [1.82, 2.24) is 4.57 Å². The van der Waals surface area contributed by atoms with Crippen molar-refractivity contribution in [3.8, 4) is 0 Å². The highest BCUT2D eigenvalue weighted by atomic mass is 35.5. The largest absolute Gasteiger partial charge is 0.477 e. The van der Waals surface area contributed by atoms with E-state index in [4.69, 9.17) is 16.7 Å². The monoisotopic (exact) mass is 438 g/mol. The molecule has 0 spiro atoms. The van der Waals surface area contributed by atoms with Crippen LogP contribution in [0.3, 0.4) is 0 Å². The van der Waals surface area contributed by atoms with Gasteiger partial charge in [0, 0.05) is 29.4 Å². The maximum absolute atomic E-state index is 14.1. The van der Waals surface area contributed by atoms with Gasteiger partial charge in [-0.2, -0.15) is 0 Å². The molecule has 3 rings (SSSR count). The second-order valence-corrected chi connectivity index (χ2v) is 8.57. The van der Waals surface area contributed by atoms with Crippen molar-refractivity contribution in [1.29, 1.82) is 0 Å². The number of aromatic carboxylic acids is 1. The summed E-state index contributed by atoms with van der Waals surface area (Å²) >= 11 is 6.05. The number of nitrogens with two attached hydrogens (primary N) is 1. The molecule has 0 aliphatic carbocycles. The highest BCUT2D eigenvalue weighted by molar-refractivity contribution is 7.88. The summed E-state index contributed by atoms with van der Waals surface area (Å²) in [4.78, 5) is 24.5. The lowest BCUT2D eigenvalue weighted by Gasteiger charge is -2.15. The SMILES string of the molecule is Cn1c(CS(N)(=O)=O)c(C(=O)O)c(=O)c2cc(Cc3c(F)cccc3Cl)ccc21. The minimum absolute atomic E-state index is 0.0630. The first-order chi connectivity index (χ1) is 13.5. The smallest absolute Gasteiger partial charge is 0.341 e. The number of aromatic nitrogens is 1. The van der Waals surface area contributed by atoms with Crippen molar-refractivity contribution in [3.63, 3.8) is 0 Å². The summed E-state index contributed by atoms with van der Waals surface area (Å²) in [6, 6.07) is 8.91. The zero-order chi connectivity index (χ0) is 21.5. The van der Waals surface area contributed by atoms with Crippen LogP contribution in [-0.4, -0.2) is 24.1 Å². The van der Waals surface area contributed by atoms with Crippen molar-refractivity contribution in [3.05, 3.63) is 79.8 Å². The Morgan fingerprint density at radius 3 is 2.55 bits per heavy atom. The van der Waals surface area contributed by atoms with Gasteiger partial charge < -0.3 is 9.67 Å². The third kappa shape index (κ3) is 4.16. The summed E-state index contributed by atoms with van der Waals surface area (Å²) in [7, 11) is -2.63. The number of nitrogens with zero attached hydrogens (tertiary/aromatic N) is 1. The molecule has 0 bridgehead atoms. The molecule has 3 N–H and O–H groups in total. The number of rotatable bonds is 5. The number of sulfonamides is 1. The number of fused-ring (bicyclic) bond motifs is 1. The van der Waals surface area contributed by atoms with Gasteiger partial charge in [0.2, 0.25) is 15.5 Å². The Labute approximate surface area is 170 Å². The fraction of sp³-hybridized carbons (Fsp3) is 0.158. The third-order valence-electron chi connectivity index (χ3n) is 4.58. The van der Waals surface area contributed by atoms with E-state index in [1.54, 1.807) is 18.2 Å². The number of pyridine rings is 1. The second kappa shape index (κ2) is 7.58. The van der Waals surface area contributed by atoms with E-state index < -0.39 is 38.6 Å². The van der Waals surface area contributed by atoms with E-state index in [1.165, 1.54) is 29.8 Å². The molecule has 1 heterocycles. The summed E-state index contributed by atoms with van der Waals surface area (Å²) < 4.78 is 38.4. The zero-order valence-corrected chi connectivity index (χ0v) is 16.7. The molecule has 0 radical (unpaired) electrons. The molecule has 2 aromatic carbocycles. The van der Waals surface area contributed by atoms with E-state index >= 15 is 0 Å². The van der Waals surface area contributed by atoms with Crippen LogP contribution in [0.15, 0.2) is 41.2 Å². The molecule has 152 valence electrons. The normalized spacial score (nSPS) is 11.7. The number of carbonyl (C=O) groups is 1. The van der Waals surface area contributed by atoms with Crippen LogP contribution in [0.2, 0.25) is 5.02 Å². The van der Waals surface area contributed by atoms with Gasteiger partial charge in [-0.1, -0.05) is 23.7 Å². The molecule has 0 unspecified atom stereocenters.